The normalized spacial score (nSPS) is 10.7. The molecule has 0 saturated heterocycles. The van der Waals surface area contributed by atoms with E-state index in [0.29, 0.717) is 35.3 Å². The Hall–Kier alpha value is -2.79. The van der Waals surface area contributed by atoms with E-state index in [1.807, 2.05) is 32.9 Å². The van der Waals surface area contributed by atoms with Gasteiger partial charge in [-0.3, -0.25) is 4.79 Å². The van der Waals surface area contributed by atoms with Crippen LogP contribution in [0.5, 0.6) is 11.5 Å². The molecule has 28 heavy (non-hydrogen) atoms. The summed E-state index contributed by atoms with van der Waals surface area (Å²) in [6.07, 6.45) is 3.42. The van der Waals surface area contributed by atoms with E-state index in [4.69, 9.17) is 21.1 Å². The van der Waals surface area contributed by atoms with E-state index >= 15 is 0 Å². The SMILES string of the molecule is C=CCOc1c(Cl)cc(/C=N\NC(=O)Cc2ccc(C)cc2C)cc1OCC. The summed E-state index contributed by atoms with van der Waals surface area (Å²) >= 11 is 6.30. The number of aryl methyl sites for hydroxylation is 2. The van der Waals surface area contributed by atoms with Crippen LogP contribution in [0.15, 0.2) is 48.1 Å². The average Bonchev–Trinajstić information content (AvgIpc) is 2.64. The summed E-state index contributed by atoms with van der Waals surface area (Å²) < 4.78 is 11.2. The van der Waals surface area contributed by atoms with Gasteiger partial charge in [-0.25, -0.2) is 5.43 Å². The lowest BCUT2D eigenvalue weighted by atomic mass is 10.0. The first kappa shape index (κ1) is 21.5. The minimum atomic E-state index is -0.190. The molecule has 2 aromatic carbocycles. The third-order valence-electron chi connectivity index (χ3n) is 3.93. The van der Waals surface area contributed by atoms with Gasteiger partial charge in [-0.1, -0.05) is 48.0 Å². The lowest BCUT2D eigenvalue weighted by Crippen LogP contribution is -2.20. The average molecular weight is 401 g/mol. The molecule has 2 aromatic rings. The van der Waals surface area contributed by atoms with Gasteiger partial charge in [-0.2, -0.15) is 5.10 Å². The summed E-state index contributed by atoms with van der Waals surface area (Å²) in [5.74, 6) is 0.782. The number of carbonyl (C=O) groups is 1. The van der Waals surface area contributed by atoms with Gasteiger partial charge in [0.2, 0.25) is 5.91 Å². The Morgan fingerprint density at radius 1 is 1.25 bits per heavy atom. The van der Waals surface area contributed by atoms with E-state index in [9.17, 15) is 4.79 Å². The molecule has 1 N–H and O–H groups in total. The second-order valence-electron chi connectivity index (χ2n) is 6.26. The number of ether oxygens (including phenoxy) is 2. The fourth-order valence-electron chi connectivity index (χ4n) is 2.64. The molecule has 0 bridgehead atoms. The first-order valence-electron chi connectivity index (χ1n) is 9.02. The molecule has 0 fully saturated rings. The van der Waals surface area contributed by atoms with Gasteiger partial charge in [0, 0.05) is 0 Å². The van der Waals surface area contributed by atoms with Gasteiger partial charge in [0.05, 0.1) is 24.3 Å². The molecule has 0 atom stereocenters. The van der Waals surface area contributed by atoms with E-state index in [0.717, 1.165) is 11.1 Å². The summed E-state index contributed by atoms with van der Waals surface area (Å²) in [5, 5.41) is 4.42. The van der Waals surface area contributed by atoms with E-state index in [-0.39, 0.29) is 12.3 Å². The van der Waals surface area contributed by atoms with Crippen molar-refractivity contribution in [3.63, 3.8) is 0 Å². The zero-order chi connectivity index (χ0) is 20.5. The van der Waals surface area contributed by atoms with Gasteiger partial charge < -0.3 is 9.47 Å². The molecule has 2 rings (SSSR count). The van der Waals surface area contributed by atoms with Crippen LogP contribution in [0, 0.1) is 13.8 Å². The highest BCUT2D eigenvalue weighted by Crippen LogP contribution is 2.36. The van der Waals surface area contributed by atoms with Crippen LogP contribution in [-0.2, 0) is 11.2 Å². The Labute approximate surface area is 171 Å². The number of benzene rings is 2. The molecule has 0 spiro atoms. The second-order valence-corrected chi connectivity index (χ2v) is 6.67. The summed E-state index contributed by atoms with van der Waals surface area (Å²) in [6, 6.07) is 9.46. The number of hydrazone groups is 1. The van der Waals surface area contributed by atoms with Crippen LogP contribution in [-0.4, -0.2) is 25.3 Å². The molecule has 0 aliphatic carbocycles. The summed E-state index contributed by atoms with van der Waals surface area (Å²) in [6.45, 7) is 10.3. The molecule has 5 nitrogen and oxygen atoms in total. The molecule has 6 heteroatoms. The Morgan fingerprint density at radius 3 is 2.71 bits per heavy atom. The zero-order valence-electron chi connectivity index (χ0n) is 16.4. The van der Waals surface area contributed by atoms with E-state index in [1.54, 1.807) is 18.2 Å². The van der Waals surface area contributed by atoms with Crippen LogP contribution in [0.2, 0.25) is 5.02 Å². The van der Waals surface area contributed by atoms with Crippen LogP contribution in [0.3, 0.4) is 0 Å². The number of carbonyl (C=O) groups excluding carboxylic acids is 1. The minimum absolute atomic E-state index is 0.190. The fourth-order valence-corrected chi connectivity index (χ4v) is 2.92. The number of amides is 1. The van der Waals surface area contributed by atoms with Crippen molar-refractivity contribution in [3.05, 3.63) is 70.3 Å². The minimum Gasteiger partial charge on any atom is -0.490 e. The number of rotatable bonds is 9. The molecule has 1 amide bonds. The molecule has 148 valence electrons. The Balaban J connectivity index is 2.06. The molecule has 0 saturated carbocycles. The molecular weight excluding hydrogens is 376 g/mol. The standard InChI is InChI=1S/C22H25ClN2O3/c1-5-9-28-22-19(23)11-17(12-20(22)27-6-2)14-24-25-21(26)13-18-8-7-15(3)10-16(18)4/h5,7-8,10-12,14H,1,6,9,13H2,2-4H3,(H,25,26)/b24-14-. The van der Waals surface area contributed by atoms with Crippen LogP contribution in [0.4, 0.5) is 0 Å². The van der Waals surface area contributed by atoms with Crippen molar-refractivity contribution in [1.29, 1.82) is 0 Å². The van der Waals surface area contributed by atoms with Crippen LogP contribution < -0.4 is 14.9 Å². The second kappa shape index (κ2) is 10.5. The number of hydrogen-bond acceptors (Lipinski definition) is 4. The zero-order valence-corrected chi connectivity index (χ0v) is 17.2. The van der Waals surface area contributed by atoms with Crippen molar-refractivity contribution in [2.75, 3.05) is 13.2 Å². The molecule has 0 heterocycles. The quantitative estimate of drug-likeness (QED) is 0.379. The number of nitrogens with zero attached hydrogens (tertiary/aromatic N) is 1. The summed E-state index contributed by atoms with van der Waals surface area (Å²) in [4.78, 5) is 12.1. The largest absolute Gasteiger partial charge is 0.490 e. The fraction of sp³-hybridized carbons (Fsp3) is 0.273. The van der Waals surface area contributed by atoms with Gasteiger partial charge in [-0.05, 0) is 49.6 Å². The highest BCUT2D eigenvalue weighted by Gasteiger charge is 2.12. The third kappa shape index (κ3) is 6.13. The summed E-state index contributed by atoms with van der Waals surface area (Å²) in [7, 11) is 0. The van der Waals surface area contributed by atoms with Crippen LogP contribution >= 0.6 is 11.6 Å². The van der Waals surface area contributed by atoms with Crippen LogP contribution in [0.25, 0.3) is 0 Å². The molecule has 0 aliphatic rings. The number of hydrogen-bond donors (Lipinski definition) is 1. The predicted molar refractivity (Wildman–Crippen MR) is 114 cm³/mol. The van der Waals surface area contributed by atoms with E-state index < -0.39 is 0 Å². The van der Waals surface area contributed by atoms with Crippen molar-refractivity contribution in [2.24, 2.45) is 5.10 Å². The summed E-state index contributed by atoms with van der Waals surface area (Å²) in [5.41, 5.74) is 6.46. The van der Waals surface area contributed by atoms with Crippen LogP contribution in [0.1, 0.15) is 29.2 Å². The maximum absolute atomic E-state index is 12.1. The lowest BCUT2D eigenvalue weighted by Gasteiger charge is -2.13. The highest BCUT2D eigenvalue weighted by atomic mass is 35.5. The Morgan fingerprint density at radius 2 is 2.04 bits per heavy atom. The monoisotopic (exact) mass is 400 g/mol. The molecule has 0 aliphatic heterocycles. The Kier molecular flexibility index (Phi) is 8.08. The lowest BCUT2D eigenvalue weighted by molar-refractivity contribution is -0.120. The van der Waals surface area contributed by atoms with Gasteiger partial charge in [0.25, 0.3) is 0 Å². The van der Waals surface area contributed by atoms with Gasteiger partial charge >= 0.3 is 0 Å². The third-order valence-corrected chi connectivity index (χ3v) is 4.21. The smallest absolute Gasteiger partial charge is 0.244 e. The van der Waals surface area contributed by atoms with Crippen molar-refractivity contribution in [2.45, 2.75) is 27.2 Å². The molecule has 0 aromatic heterocycles. The van der Waals surface area contributed by atoms with Gasteiger partial charge in [0.15, 0.2) is 11.5 Å². The number of halogens is 1. The maximum Gasteiger partial charge on any atom is 0.244 e. The first-order chi connectivity index (χ1) is 13.4. The first-order valence-corrected chi connectivity index (χ1v) is 9.40. The van der Waals surface area contributed by atoms with Crippen molar-refractivity contribution in [3.8, 4) is 11.5 Å². The van der Waals surface area contributed by atoms with Crippen molar-refractivity contribution < 1.29 is 14.3 Å². The van der Waals surface area contributed by atoms with E-state index in [1.165, 1.54) is 11.8 Å². The van der Waals surface area contributed by atoms with Crippen molar-refractivity contribution in [1.82, 2.24) is 5.43 Å². The van der Waals surface area contributed by atoms with Gasteiger partial charge in [-0.15, -0.1) is 0 Å². The molecule has 0 radical (unpaired) electrons. The molecule has 0 unspecified atom stereocenters. The number of nitrogens with one attached hydrogen (secondary N) is 1. The highest BCUT2D eigenvalue weighted by molar-refractivity contribution is 6.32. The van der Waals surface area contributed by atoms with Gasteiger partial charge in [0.1, 0.15) is 6.61 Å². The van der Waals surface area contributed by atoms with Crippen molar-refractivity contribution >= 4 is 23.7 Å². The maximum atomic E-state index is 12.1. The Bertz CT molecular complexity index is 878. The van der Waals surface area contributed by atoms with E-state index in [2.05, 4.69) is 23.2 Å². The predicted octanol–water partition coefficient (Wildman–Crippen LogP) is 4.61. The molecular formula is C22H25ClN2O3. The topological polar surface area (TPSA) is 59.9 Å².